The predicted octanol–water partition coefficient (Wildman–Crippen LogP) is 4.38. The van der Waals surface area contributed by atoms with Gasteiger partial charge in [0.05, 0.1) is 10.4 Å². The molecular formula is C20H21F3N6OS2. The molecule has 7 nitrogen and oxygen atoms in total. The van der Waals surface area contributed by atoms with Gasteiger partial charge in [-0.05, 0) is 49.1 Å². The summed E-state index contributed by atoms with van der Waals surface area (Å²) in [4.78, 5) is 21.8. The Morgan fingerprint density at radius 1 is 1.22 bits per heavy atom. The number of anilines is 1. The molecule has 3 aromatic rings. The van der Waals surface area contributed by atoms with E-state index in [2.05, 4.69) is 15.2 Å². The topological polar surface area (TPSA) is 70.1 Å². The lowest BCUT2D eigenvalue weighted by atomic mass is 10.2. The smallest absolute Gasteiger partial charge is 0.355 e. The van der Waals surface area contributed by atoms with Gasteiger partial charge in [-0.15, -0.1) is 11.3 Å². The van der Waals surface area contributed by atoms with Crippen LogP contribution in [0.4, 0.5) is 19.0 Å². The number of nitrogens with one attached hydrogen (secondary N) is 1. The average molecular weight is 483 g/mol. The van der Waals surface area contributed by atoms with Crippen molar-refractivity contribution in [3.05, 3.63) is 46.2 Å². The highest BCUT2D eigenvalue weighted by molar-refractivity contribution is 7.71. The van der Waals surface area contributed by atoms with Gasteiger partial charge < -0.3 is 9.80 Å². The van der Waals surface area contributed by atoms with Crippen LogP contribution < -0.4 is 4.90 Å². The first kappa shape index (κ1) is 22.5. The summed E-state index contributed by atoms with van der Waals surface area (Å²) in [6.07, 6.45) is -2.90. The van der Waals surface area contributed by atoms with Crippen LogP contribution in [0.1, 0.15) is 24.9 Å². The van der Waals surface area contributed by atoms with Crippen molar-refractivity contribution < 1.29 is 18.0 Å². The summed E-state index contributed by atoms with van der Waals surface area (Å²) in [5.74, 6) is 1.01. The molecule has 0 aliphatic carbocycles. The molecule has 32 heavy (non-hydrogen) atoms. The van der Waals surface area contributed by atoms with Gasteiger partial charge in [-0.25, -0.2) is 4.98 Å². The highest BCUT2D eigenvalue weighted by Gasteiger charge is 2.31. The molecule has 0 bridgehead atoms. The molecular weight excluding hydrogens is 461 g/mol. The van der Waals surface area contributed by atoms with Gasteiger partial charge in [-0.2, -0.15) is 18.3 Å². The molecule has 1 amide bonds. The molecule has 0 radical (unpaired) electrons. The second kappa shape index (κ2) is 9.02. The van der Waals surface area contributed by atoms with Crippen molar-refractivity contribution in [1.82, 2.24) is 24.6 Å². The van der Waals surface area contributed by atoms with Gasteiger partial charge in [-0.3, -0.25) is 14.5 Å². The molecule has 1 fully saturated rings. The zero-order valence-corrected chi connectivity index (χ0v) is 18.8. The summed E-state index contributed by atoms with van der Waals surface area (Å²) >= 11 is 6.89. The van der Waals surface area contributed by atoms with Crippen molar-refractivity contribution in [1.29, 1.82) is 0 Å². The molecule has 170 valence electrons. The highest BCUT2D eigenvalue weighted by atomic mass is 32.1. The van der Waals surface area contributed by atoms with Crippen molar-refractivity contribution >= 4 is 35.3 Å². The molecule has 3 aromatic heterocycles. The lowest BCUT2D eigenvalue weighted by Crippen LogP contribution is -2.39. The first-order valence-corrected chi connectivity index (χ1v) is 11.3. The lowest BCUT2D eigenvalue weighted by molar-refractivity contribution is -0.138. The molecule has 4 rings (SSSR count). The number of carbonyl (C=O) groups excluding carboxylic acids is 1. The standard InChI is InChI=1S/C20H21F3N6OS2/c1-13(29-17(25-26-19(29)31)15-4-2-11-32-15)18(30)28-8-3-7-27(9-10-28)16-6-5-14(12-24-16)20(21,22)23/h2,4-6,11-13H,3,7-10H2,1H3,(H,26,31). The number of thiophene rings is 1. The van der Waals surface area contributed by atoms with Crippen LogP contribution in [0.15, 0.2) is 35.8 Å². The maximum Gasteiger partial charge on any atom is 0.417 e. The van der Waals surface area contributed by atoms with Crippen molar-refractivity contribution in [2.75, 3.05) is 31.1 Å². The number of aromatic nitrogens is 4. The normalized spacial score (nSPS) is 16.1. The van der Waals surface area contributed by atoms with Gasteiger partial charge in [0.15, 0.2) is 10.6 Å². The predicted molar refractivity (Wildman–Crippen MR) is 118 cm³/mol. The van der Waals surface area contributed by atoms with Crippen LogP contribution in [0.5, 0.6) is 0 Å². The number of alkyl halides is 3. The summed E-state index contributed by atoms with van der Waals surface area (Å²) in [6.45, 7) is 3.85. The van der Waals surface area contributed by atoms with Crippen LogP contribution in [-0.2, 0) is 11.0 Å². The molecule has 1 aliphatic heterocycles. The maximum atomic E-state index is 13.3. The fraction of sp³-hybridized carbons (Fsp3) is 0.400. The lowest BCUT2D eigenvalue weighted by Gasteiger charge is -2.26. The van der Waals surface area contributed by atoms with E-state index in [9.17, 15) is 18.0 Å². The van der Waals surface area contributed by atoms with Crippen LogP contribution in [0.3, 0.4) is 0 Å². The van der Waals surface area contributed by atoms with E-state index in [1.165, 1.54) is 17.4 Å². The number of amides is 1. The van der Waals surface area contributed by atoms with Crippen LogP contribution in [0.2, 0.25) is 0 Å². The van der Waals surface area contributed by atoms with E-state index >= 15 is 0 Å². The summed E-state index contributed by atoms with van der Waals surface area (Å²) in [5, 5.41) is 9.00. The van der Waals surface area contributed by atoms with E-state index in [1.807, 2.05) is 22.4 Å². The van der Waals surface area contributed by atoms with Gasteiger partial charge >= 0.3 is 6.18 Å². The molecule has 1 atom stereocenters. The molecule has 4 heterocycles. The Bertz CT molecular complexity index is 1120. The Morgan fingerprint density at radius 3 is 2.69 bits per heavy atom. The number of H-pyrrole nitrogens is 1. The number of hydrogen-bond acceptors (Lipinski definition) is 6. The van der Waals surface area contributed by atoms with Crippen molar-refractivity contribution in [2.24, 2.45) is 0 Å². The number of halogens is 3. The summed E-state index contributed by atoms with van der Waals surface area (Å²) in [5.41, 5.74) is -0.778. The molecule has 12 heteroatoms. The van der Waals surface area contributed by atoms with Gasteiger partial charge in [0.1, 0.15) is 11.9 Å². The zero-order valence-electron chi connectivity index (χ0n) is 17.2. The van der Waals surface area contributed by atoms with Gasteiger partial charge in [0.2, 0.25) is 5.91 Å². The zero-order chi connectivity index (χ0) is 22.9. The molecule has 1 unspecified atom stereocenters. The SMILES string of the molecule is CC(C(=O)N1CCCN(c2ccc(C(F)(F)F)cn2)CC1)n1c(-c2cccs2)n[nH]c1=S. The third-order valence-corrected chi connectivity index (χ3v) is 6.55. The second-order valence-corrected chi connectivity index (χ2v) is 8.78. The number of hydrogen-bond donors (Lipinski definition) is 1. The molecule has 1 N–H and O–H groups in total. The first-order valence-electron chi connectivity index (χ1n) is 10.0. The molecule has 0 aromatic carbocycles. The van der Waals surface area contributed by atoms with Gasteiger partial charge in [0.25, 0.3) is 0 Å². The summed E-state index contributed by atoms with van der Waals surface area (Å²) in [6, 6.07) is 5.69. The minimum absolute atomic E-state index is 0.0810. The number of rotatable bonds is 4. The van der Waals surface area contributed by atoms with Crippen LogP contribution in [-0.4, -0.2) is 56.7 Å². The quantitative estimate of drug-likeness (QED) is 0.559. The minimum Gasteiger partial charge on any atom is -0.355 e. The van der Waals surface area contributed by atoms with Crippen molar-refractivity contribution in [3.8, 4) is 10.7 Å². The van der Waals surface area contributed by atoms with E-state index in [4.69, 9.17) is 12.2 Å². The Balaban J connectivity index is 1.46. The van der Waals surface area contributed by atoms with Crippen LogP contribution >= 0.6 is 23.6 Å². The average Bonchev–Trinajstić information content (AvgIpc) is 3.36. The first-order chi connectivity index (χ1) is 15.3. The minimum atomic E-state index is -4.42. The molecule has 1 saturated heterocycles. The fourth-order valence-corrected chi connectivity index (χ4v) is 4.73. The van der Waals surface area contributed by atoms with E-state index in [0.717, 1.165) is 17.1 Å². The third kappa shape index (κ3) is 4.56. The van der Waals surface area contributed by atoms with E-state index in [0.29, 0.717) is 49.0 Å². The molecule has 0 saturated carbocycles. The van der Waals surface area contributed by atoms with Crippen molar-refractivity contribution in [2.45, 2.75) is 25.6 Å². The Labute approximate surface area is 191 Å². The monoisotopic (exact) mass is 482 g/mol. The van der Waals surface area contributed by atoms with Crippen molar-refractivity contribution in [3.63, 3.8) is 0 Å². The Morgan fingerprint density at radius 2 is 2.03 bits per heavy atom. The van der Waals surface area contributed by atoms with E-state index < -0.39 is 17.8 Å². The fourth-order valence-electron chi connectivity index (χ4n) is 3.73. The number of nitrogens with zero attached hydrogens (tertiary/aromatic N) is 5. The van der Waals surface area contributed by atoms with Gasteiger partial charge in [0, 0.05) is 32.4 Å². The van der Waals surface area contributed by atoms with Gasteiger partial charge in [-0.1, -0.05) is 6.07 Å². The van der Waals surface area contributed by atoms with E-state index in [1.54, 1.807) is 16.4 Å². The third-order valence-electron chi connectivity index (χ3n) is 5.40. The maximum absolute atomic E-state index is 13.3. The molecule has 0 spiro atoms. The largest absolute Gasteiger partial charge is 0.417 e. The summed E-state index contributed by atoms with van der Waals surface area (Å²) < 4.78 is 40.5. The number of aromatic amines is 1. The highest BCUT2D eigenvalue weighted by Crippen LogP contribution is 2.30. The van der Waals surface area contributed by atoms with Crippen LogP contribution in [0.25, 0.3) is 10.7 Å². The molecule has 1 aliphatic rings. The Hall–Kier alpha value is -2.73. The second-order valence-electron chi connectivity index (χ2n) is 7.44. The number of pyridine rings is 1. The number of carbonyl (C=O) groups is 1. The summed E-state index contributed by atoms with van der Waals surface area (Å²) in [7, 11) is 0. The van der Waals surface area contributed by atoms with E-state index in [-0.39, 0.29) is 5.91 Å². The Kier molecular flexibility index (Phi) is 6.33. The van der Waals surface area contributed by atoms with Crippen LogP contribution in [0, 0.1) is 4.77 Å².